The molecule has 0 unspecified atom stereocenters. The van der Waals surface area contributed by atoms with Gasteiger partial charge in [-0.2, -0.15) is 4.98 Å². The summed E-state index contributed by atoms with van der Waals surface area (Å²) < 4.78 is 0. The van der Waals surface area contributed by atoms with Gasteiger partial charge in [-0.1, -0.05) is 23.7 Å². The largest absolute Gasteiger partial charge is 0.340 e. The Bertz CT molecular complexity index is 987. The highest BCUT2D eigenvalue weighted by atomic mass is 35.5. The average molecular weight is 392 g/mol. The Morgan fingerprint density at radius 1 is 0.964 bits per heavy atom. The first-order chi connectivity index (χ1) is 13.6. The van der Waals surface area contributed by atoms with E-state index in [0.29, 0.717) is 5.95 Å². The number of nitrogens with one attached hydrogen (secondary N) is 2. The van der Waals surface area contributed by atoms with E-state index in [1.165, 1.54) is 5.54 Å². The molecule has 1 aromatic heterocycles. The van der Waals surface area contributed by atoms with E-state index in [4.69, 9.17) is 11.6 Å². The number of hydrogen-bond acceptors (Lipinski definition) is 5. The van der Waals surface area contributed by atoms with E-state index >= 15 is 0 Å². The van der Waals surface area contributed by atoms with Crippen LogP contribution in [-0.2, 0) is 0 Å². The number of aromatic nitrogens is 2. The van der Waals surface area contributed by atoms with E-state index in [1.54, 1.807) is 13.2 Å². The molecule has 0 aliphatic rings. The zero-order valence-electron chi connectivity index (χ0n) is 16.1. The highest BCUT2D eigenvalue weighted by molar-refractivity contribution is 6.27. The molecular formula is C22H22ClN5. The van der Waals surface area contributed by atoms with Crippen molar-refractivity contribution in [1.82, 2.24) is 9.97 Å². The van der Waals surface area contributed by atoms with Gasteiger partial charge in [0.15, 0.2) is 0 Å². The number of nitrogens with zero attached hydrogens (tertiary/aromatic N) is 3. The number of hydrogen-bond donors (Lipinski definition) is 2. The highest BCUT2D eigenvalue weighted by Gasteiger charge is 2.07. The molecule has 0 saturated carbocycles. The van der Waals surface area contributed by atoms with Gasteiger partial charge in [0.05, 0.1) is 0 Å². The second-order valence-electron chi connectivity index (χ2n) is 6.35. The zero-order chi connectivity index (χ0) is 19.9. The third kappa shape index (κ3) is 4.96. The van der Waals surface area contributed by atoms with Crippen molar-refractivity contribution in [2.24, 2.45) is 4.99 Å². The first kappa shape index (κ1) is 19.6. The number of benzene rings is 2. The van der Waals surface area contributed by atoms with E-state index in [9.17, 15) is 0 Å². The van der Waals surface area contributed by atoms with Crippen molar-refractivity contribution in [2.75, 3.05) is 17.7 Å². The van der Waals surface area contributed by atoms with E-state index in [-0.39, 0.29) is 0 Å². The predicted molar refractivity (Wildman–Crippen MR) is 119 cm³/mol. The Balaban J connectivity index is 1.78. The maximum absolute atomic E-state index is 5.69. The minimum Gasteiger partial charge on any atom is -0.340 e. The van der Waals surface area contributed by atoms with Gasteiger partial charge in [0.1, 0.15) is 5.82 Å². The summed E-state index contributed by atoms with van der Waals surface area (Å²) in [5.41, 5.74) is 7.80. The Morgan fingerprint density at radius 3 is 2.32 bits per heavy atom. The van der Waals surface area contributed by atoms with Crippen LogP contribution >= 0.6 is 11.6 Å². The molecule has 3 rings (SSSR count). The third-order valence-corrected chi connectivity index (χ3v) is 4.29. The first-order valence-corrected chi connectivity index (χ1v) is 9.30. The van der Waals surface area contributed by atoms with Crippen LogP contribution in [0.25, 0.3) is 6.08 Å². The molecule has 0 bridgehead atoms. The standard InChI is InChI=1S/C22H22ClN5/c1-15-12-18(8-10-23)13-16(2)21(15)27-20-9-11-25-22(28-20)26-19-6-4-17(5-7-19)14-24-3/h4-14H,1-3H3,(H2,25,26,27,28)/b10-8-,24-14-. The van der Waals surface area contributed by atoms with Crippen LogP contribution in [-0.4, -0.2) is 23.2 Å². The number of aliphatic imine (C=N–C) groups is 1. The van der Waals surface area contributed by atoms with E-state index < -0.39 is 0 Å². The lowest BCUT2D eigenvalue weighted by atomic mass is 10.0. The normalized spacial score (nSPS) is 11.3. The summed E-state index contributed by atoms with van der Waals surface area (Å²) in [4.78, 5) is 12.9. The molecule has 0 saturated heterocycles. The van der Waals surface area contributed by atoms with Gasteiger partial charge >= 0.3 is 0 Å². The van der Waals surface area contributed by atoms with Crippen LogP contribution in [0.4, 0.5) is 23.1 Å². The molecule has 0 spiro atoms. The van der Waals surface area contributed by atoms with Crippen molar-refractivity contribution in [3.63, 3.8) is 0 Å². The van der Waals surface area contributed by atoms with Crippen LogP contribution in [0.1, 0.15) is 22.3 Å². The molecule has 0 amide bonds. The molecule has 6 heteroatoms. The second-order valence-corrected chi connectivity index (χ2v) is 6.60. The van der Waals surface area contributed by atoms with Gasteiger partial charge in [0, 0.05) is 36.4 Å². The van der Waals surface area contributed by atoms with Crippen LogP contribution in [0.5, 0.6) is 0 Å². The summed E-state index contributed by atoms with van der Waals surface area (Å²) in [5, 5.41) is 6.62. The van der Waals surface area contributed by atoms with Crippen LogP contribution < -0.4 is 10.6 Å². The van der Waals surface area contributed by atoms with Crippen molar-refractivity contribution in [2.45, 2.75) is 13.8 Å². The van der Waals surface area contributed by atoms with Crippen molar-refractivity contribution < 1.29 is 0 Å². The molecule has 0 radical (unpaired) electrons. The fourth-order valence-corrected chi connectivity index (χ4v) is 3.06. The minimum atomic E-state index is 0.527. The molecule has 5 nitrogen and oxygen atoms in total. The second kappa shape index (κ2) is 9.15. The summed E-state index contributed by atoms with van der Waals surface area (Å²) in [6.45, 7) is 4.12. The number of anilines is 4. The summed E-state index contributed by atoms with van der Waals surface area (Å²) in [6, 6.07) is 13.9. The Labute approximate surface area is 170 Å². The smallest absolute Gasteiger partial charge is 0.229 e. The molecule has 0 aliphatic heterocycles. The van der Waals surface area contributed by atoms with Gasteiger partial charge in [-0.25, -0.2) is 4.98 Å². The van der Waals surface area contributed by atoms with Crippen LogP contribution in [0.15, 0.2) is 59.2 Å². The molecule has 1 heterocycles. The van der Waals surface area contributed by atoms with Crippen LogP contribution in [0.3, 0.4) is 0 Å². The maximum atomic E-state index is 5.69. The van der Waals surface area contributed by atoms with Crippen LogP contribution in [0, 0.1) is 13.8 Å². The SMILES string of the molecule is C/N=C\c1ccc(Nc2nccc(Nc3c(C)cc(/C=C\Cl)cc3C)n2)cc1. The molecule has 142 valence electrons. The quantitative estimate of drug-likeness (QED) is 0.518. The van der Waals surface area contributed by atoms with Crippen molar-refractivity contribution in [1.29, 1.82) is 0 Å². The first-order valence-electron chi connectivity index (χ1n) is 8.86. The van der Waals surface area contributed by atoms with Gasteiger partial charge in [0.2, 0.25) is 5.95 Å². The minimum absolute atomic E-state index is 0.527. The fraction of sp³-hybridized carbons (Fsp3) is 0.136. The van der Waals surface area contributed by atoms with Crippen molar-refractivity contribution >= 4 is 47.0 Å². The molecule has 28 heavy (non-hydrogen) atoms. The monoisotopic (exact) mass is 391 g/mol. The van der Waals surface area contributed by atoms with Crippen LogP contribution in [0.2, 0.25) is 0 Å². The molecule has 2 aromatic carbocycles. The number of aryl methyl sites for hydroxylation is 2. The average Bonchev–Trinajstić information content (AvgIpc) is 2.67. The lowest BCUT2D eigenvalue weighted by Gasteiger charge is -2.14. The Hall–Kier alpha value is -3.18. The van der Waals surface area contributed by atoms with Gasteiger partial charge in [0.25, 0.3) is 0 Å². The third-order valence-electron chi connectivity index (χ3n) is 4.16. The fourth-order valence-electron chi connectivity index (χ4n) is 2.91. The molecular weight excluding hydrogens is 370 g/mol. The molecule has 3 aromatic rings. The van der Waals surface area contributed by atoms with E-state index in [0.717, 1.165) is 39.4 Å². The topological polar surface area (TPSA) is 62.2 Å². The maximum Gasteiger partial charge on any atom is 0.229 e. The zero-order valence-corrected chi connectivity index (χ0v) is 16.8. The van der Waals surface area contributed by atoms with Gasteiger partial charge in [-0.15, -0.1) is 0 Å². The summed E-state index contributed by atoms with van der Waals surface area (Å²) in [6.07, 6.45) is 5.41. The lowest BCUT2D eigenvalue weighted by Crippen LogP contribution is -2.02. The van der Waals surface area contributed by atoms with Gasteiger partial charge in [-0.05, 0) is 72.5 Å². The van der Waals surface area contributed by atoms with Gasteiger partial charge in [-0.3, -0.25) is 4.99 Å². The van der Waals surface area contributed by atoms with E-state index in [1.807, 2.05) is 42.6 Å². The summed E-state index contributed by atoms with van der Waals surface area (Å²) in [7, 11) is 1.75. The molecule has 0 aliphatic carbocycles. The Morgan fingerprint density at radius 2 is 1.68 bits per heavy atom. The molecule has 0 atom stereocenters. The number of rotatable bonds is 6. The summed E-state index contributed by atoms with van der Waals surface area (Å²) in [5.74, 6) is 1.25. The number of halogens is 1. The van der Waals surface area contributed by atoms with Crippen molar-refractivity contribution in [3.05, 3.63) is 76.5 Å². The van der Waals surface area contributed by atoms with Gasteiger partial charge < -0.3 is 10.6 Å². The molecule has 2 N–H and O–H groups in total. The summed E-state index contributed by atoms with van der Waals surface area (Å²) >= 11 is 5.69. The van der Waals surface area contributed by atoms with Crippen molar-refractivity contribution in [3.8, 4) is 0 Å². The predicted octanol–water partition coefficient (Wildman–Crippen LogP) is 5.84. The highest BCUT2D eigenvalue weighted by Crippen LogP contribution is 2.26. The Kier molecular flexibility index (Phi) is 6.40. The van der Waals surface area contributed by atoms with E-state index in [2.05, 4.69) is 51.6 Å². The molecule has 0 fully saturated rings. The lowest BCUT2D eigenvalue weighted by molar-refractivity contribution is 1.16.